The first-order valence-electron chi connectivity index (χ1n) is 6.62. The molecule has 2 rings (SSSR count). The fourth-order valence-corrected chi connectivity index (χ4v) is 1.63. The third kappa shape index (κ3) is 3.90. The predicted molar refractivity (Wildman–Crippen MR) is 74.0 cm³/mol. The molecule has 22 heavy (non-hydrogen) atoms. The highest BCUT2D eigenvalue weighted by Gasteiger charge is 2.22. The molecule has 1 amide bonds. The Morgan fingerprint density at radius 3 is 2.73 bits per heavy atom. The van der Waals surface area contributed by atoms with E-state index in [0.29, 0.717) is 11.5 Å². The van der Waals surface area contributed by atoms with E-state index in [0.717, 1.165) is 0 Å². The molecule has 9 heteroatoms. The molecule has 2 heterocycles. The van der Waals surface area contributed by atoms with E-state index >= 15 is 0 Å². The third-order valence-electron chi connectivity index (χ3n) is 2.80. The number of hydrogen-bond acceptors (Lipinski definition) is 6. The van der Waals surface area contributed by atoms with Crippen molar-refractivity contribution in [1.29, 1.82) is 0 Å². The molecule has 118 valence electrons. The highest BCUT2D eigenvalue weighted by atomic mass is 16.5. The average Bonchev–Trinajstić information content (AvgIpc) is 3.03. The molecule has 2 aromatic heterocycles. The summed E-state index contributed by atoms with van der Waals surface area (Å²) in [5.41, 5.74) is 0.405. The smallest absolute Gasteiger partial charge is 0.325 e. The van der Waals surface area contributed by atoms with Crippen LogP contribution in [0, 0.1) is 0 Å². The zero-order valence-corrected chi connectivity index (χ0v) is 12.5. The van der Waals surface area contributed by atoms with Crippen LogP contribution in [-0.2, 0) is 23.3 Å². The molecule has 0 bridgehead atoms. The lowest BCUT2D eigenvalue weighted by Gasteiger charge is -2.12. The lowest BCUT2D eigenvalue weighted by Crippen LogP contribution is -2.23. The maximum absolute atomic E-state index is 12.0. The zero-order valence-electron chi connectivity index (χ0n) is 12.5. The number of carboxylic acid groups (broad SMARTS) is 1. The summed E-state index contributed by atoms with van der Waals surface area (Å²) in [6.45, 7) is 5.71. The van der Waals surface area contributed by atoms with Crippen molar-refractivity contribution >= 4 is 11.9 Å². The lowest BCUT2D eigenvalue weighted by atomic mass is 9.93. The SMILES string of the molecule is CC(C)(C)c1cc(C(=O)NCc2cn(CC(=O)O)nn2)no1. The Morgan fingerprint density at radius 2 is 2.14 bits per heavy atom. The number of carbonyl (C=O) groups is 2. The van der Waals surface area contributed by atoms with E-state index in [1.807, 2.05) is 20.8 Å². The van der Waals surface area contributed by atoms with Gasteiger partial charge in [-0.25, -0.2) is 4.68 Å². The molecule has 0 saturated carbocycles. The Balaban J connectivity index is 1.94. The minimum absolute atomic E-state index is 0.121. The van der Waals surface area contributed by atoms with E-state index in [1.165, 1.54) is 10.9 Å². The first kappa shape index (κ1) is 15.7. The Bertz CT molecular complexity index is 683. The van der Waals surface area contributed by atoms with Gasteiger partial charge in [0.25, 0.3) is 5.91 Å². The standard InChI is InChI=1S/C13H17N5O4/c1-13(2,3)10-4-9(16-22-10)12(21)14-5-8-6-18(17-15-8)7-11(19)20/h4,6H,5,7H2,1-3H3,(H,14,21)(H,19,20). The van der Waals surface area contributed by atoms with Crippen molar-refractivity contribution in [2.24, 2.45) is 0 Å². The normalized spacial score (nSPS) is 11.4. The maximum atomic E-state index is 12.0. The van der Waals surface area contributed by atoms with Crippen LogP contribution in [0.5, 0.6) is 0 Å². The molecule has 2 N–H and O–H groups in total. The molecule has 0 spiro atoms. The first-order chi connectivity index (χ1) is 10.3. The topological polar surface area (TPSA) is 123 Å². The number of nitrogens with zero attached hydrogens (tertiary/aromatic N) is 4. The molecule has 0 aliphatic rings. The monoisotopic (exact) mass is 307 g/mol. The quantitative estimate of drug-likeness (QED) is 0.828. The van der Waals surface area contributed by atoms with Gasteiger partial charge in [0.2, 0.25) is 0 Å². The zero-order chi connectivity index (χ0) is 16.3. The van der Waals surface area contributed by atoms with Crippen molar-refractivity contribution in [3.05, 3.63) is 29.4 Å². The van der Waals surface area contributed by atoms with Gasteiger partial charge in [0, 0.05) is 11.5 Å². The number of amides is 1. The molecule has 0 radical (unpaired) electrons. The van der Waals surface area contributed by atoms with Gasteiger partial charge in [-0.15, -0.1) is 5.10 Å². The molecule has 9 nitrogen and oxygen atoms in total. The number of aliphatic carboxylic acids is 1. The molecule has 0 saturated heterocycles. The van der Waals surface area contributed by atoms with Gasteiger partial charge in [-0.05, 0) is 0 Å². The summed E-state index contributed by atoms with van der Waals surface area (Å²) in [5, 5.41) is 22.4. The second-order valence-electron chi connectivity index (χ2n) is 5.81. The maximum Gasteiger partial charge on any atom is 0.325 e. The highest BCUT2D eigenvalue weighted by molar-refractivity contribution is 5.92. The third-order valence-corrected chi connectivity index (χ3v) is 2.80. The van der Waals surface area contributed by atoms with Crippen LogP contribution >= 0.6 is 0 Å². The number of rotatable bonds is 5. The Kier molecular flexibility index (Phi) is 4.25. The van der Waals surface area contributed by atoms with Crippen molar-refractivity contribution in [2.75, 3.05) is 0 Å². The van der Waals surface area contributed by atoms with Crippen LogP contribution in [0.15, 0.2) is 16.8 Å². The van der Waals surface area contributed by atoms with E-state index in [-0.39, 0.29) is 24.2 Å². The first-order valence-corrected chi connectivity index (χ1v) is 6.62. The van der Waals surface area contributed by atoms with Crippen LogP contribution in [0.3, 0.4) is 0 Å². The van der Waals surface area contributed by atoms with E-state index < -0.39 is 11.9 Å². The average molecular weight is 307 g/mol. The van der Waals surface area contributed by atoms with Crippen molar-refractivity contribution < 1.29 is 19.2 Å². The summed E-state index contributed by atoms with van der Waals surface area (Å²) in [6.07, 6.45) is 1.46. The Labute approximate surface area is 126 Å². The van der Waals surface area contributed by atoms with Crippen LogP contribution in [0.4, 0.5) is 0 Å². The van der Waals surface area contributed by atoms with Crippen molar-refractivity contribution in [1.82, 2.24) is 25.5 Å². The fraction of sp³-hybridized carbons (Fsp3) is 0.462. The number of nitrogens with one attached hydrogen (secondary N) is 1. The lowest BCUT2D eigenvalue weighted by molar-refractivity contribution is -0.137. The number of carbonyl (C=O) groups excluding carboxylic acids is 1. The summed E-state index contributed by atoms with van der Waals surface area (Å²) in [5.74, 6) is -0.796. The van der Waals surface area contributed by atoms with E-state index in [1.54, 1.807) is 6.07 Å². The summed E-state index contributed by atoms with van der Waals surface area (Å²) in [6, 6.07) is 1.59. The minimum atomic E-state index is -1.02. The van der Waals surface area contributed by atoms with Gasteiger partial charge in [-0.2, -0.15) is 0 Å². The minimum Gasteiger partial charge on any atom is -0.480 e. The van der Waals surface area contributed by atoms with Crippen LogP contribution in [0.1, 0.15) is 42.7 Å². The predicted octanol–water partition coefficient (Wildman–Crippen LogP) is 0.578. The molecule has 2 aromatic rings. The van der Waals surface area contributed by atoms with Crippen molar-refractivity contribution in [2.45, 2.75) is 39.3 Å². The van der Waals surface area contributed by atoms with E-state index in [9.17, 15) is 9.59 Å². The number of carboxylic acids is 1. The molecule has 0 atom stereocenters. The van der Waals surface area contributed by atoms with Crippen LogP contribution < -0.4 is 5.32 Å². The summed E-state index contributed by atoms with van der Waals surface area (Å²) in [7, 11) is 0. The molecular formula is C13H17N5O4. The number of aromatic nitrogens is 4. The molecule has 0 aromatic carbocycles. The summed E-state index contributed by atoms with van der Waals surface area (Å²) >= 11 is 0. The molecule has 0 aliphatic heterocycles. The van der Waals surface area contributed by atoms with Crippen LogP contribution in [-0.4, -0.2) is 37.1 Å². The van der Waals surface area contributed by atoms with Gasteiger partial charge in [0.15, 0.2) is 5.69 Å². The van der Waals surface area contributed by atoms with Crippen LogP contribution in [0.25, 0.3) is 0 Å². The highest BCUT2D eigenvalue weighted by Crippen LogP contribution is 2.22. The van der Waals surface area contributed by atoms with Gasteiger partial charge in [-0.1, -0.05) is 31.1 Å². The molecule has 0 unspecified atom stereocenters. The van der Waals surface area contributed by atoms with Gasteiger partial charge in [0.1, 0.15) is 18.0 Å². The molecule has 0 aliphatic carbocycles. The second kappa shape index (κ2) is 5.96. The van der Waals surface area contributed by atoms with Crippen LogP contribution in [0.2, 0.25) is 0 Å². The Hall–Kier alpha value is -2.71. The van der Waals surface area contributed by atoms with Gasteiger partial charge >= 0.3 is 5.97 Å². The largest absolute Gasteiger partial charge is 0.480 e. The Morgan fingerprint density at radius 1 is 1.41 bits per heavy atom. The molecule has 0 fully saturated rings. The van der Waals surface area contributed by atoms with E-state index in [2.05, 4.69) is 20.8 Å². The van der Waals surface area contributed by atoms with Gasteiger partial charge in [-0.3, -0.25) is 9.59 Å². The summed E-state index contributed by atoms with van der Waals surface area (Å²) in [4.78, 5) is 22.5. The fourth-order valence-electron chi connectivity index (χ4n) is 1.63. The second-order valence-corrected chi connectivity index (χ2v) is 5.81. The summed E-state index contributed by atoms with van der Waals surface area (Å²) < 4.78 is 6.32. The van der Waals surface area contributed by atoms with E-state index in [4.69, 9.17) is 9.63 Å². The van der Waals surface area contributed by atoms with Gasteiger partial charge < -0.3 is 14.9 Å². The van der Waals surface area contributed by atoms with Crippen molar-refractivity contribution in [3.8, 4) is 0 Å². The number of hydrogen-bond donors (Lipinski definition) is 2. The van der Waals surface area contributed by atoms with Crippen molar-refractivity contribution in [3.63, 3.8) is 0 Å². The molecular weight excluding hydrogens is 290 g/mol. The van der Waals surface area contributed by atoms with Gasteiger partial charge in [0.05, 0.1) is 12.7 Å².